The number of amides is 1. The highest BCUT2D eigenvalue weighted by atomic mass is 16.2. The van der Waals surface area contributed by atoms with Gasteiger partial charge in [-0.05, 0) is 25.0 Å². The van der Waals surface area contributed by atoms with Gasteiger partial charge in [-0.15, -0.1) is 5.10 Å². The van der Waals surface area contributed by atoms with Crippen LogP contribution >= 0.6 is 0 Å². The molecule has 1 fully saturated rings. The number of hydrogen-bond acceptors (Lipinski definition) is 4. The third-order valence-electron chi connectivity index (χ3n) is 4.40. The van der Waals surface area contributed by atoms with Crippen molar-refractivity contribution in [1.29, 1.82) is 0 Å². The third-order valence-corrected chi connectivity index (χ3v) is 4.40. The third kappa shape index (κ3) is 3.94. The smallest absolute Gasteiger partial charge is 0.277 e. The van der Waals surface area contributed by atoms with Crippen molar-refractivity contribution < 1.29 is 4.79 Å². The van der Waals surface area contributed by atoms with E-state index >= 15 is 0 Å². The Morgan fingerprint density at radius 2 is 1.91 bits per heavy atom. The van der Waals surface area contributed by atoms with Crippen LogP contribution in [0, 0.1) is 0 Å². The Morgan fingerprint density at radius 1 is 1.17 bits per heavy atom. The van der Waals surface area contributed by atoms with E-state index in [1.165, 1.54) is 30.4 Å². The predicted octanol–water partition coefficient (Wildman–Crippen LogP) is 2.02. The molecule has 0 aliphatic heterocycles. The van der Waals surface area contributed by atoms with Gasteiger partial charge in [-0.25, -0.2) is 4.68 Å². The second-order valence-corrected chi connectivity index (χ2v) is 6.14. The van der Waals surface area contributed by atoms with Crippen LogP contribution < -0.4 is 10.9 Å². The quantitative estimate of drug-likeness (QED) is 0.876. The number of aryl methyl sites for hydroxylation is 1. The van der Waals surface area contributed by atoms with E-state index in [-0.39, 0.29) is 30.5 Å². The van der Waals surface area contributed by atoms with Crippen LogP contribution in [-0.2, 0) is 11.3 Å². The van der Waals surface area contributed by atoms with E-state index in [1.54, 1.807) is 18.2 Å². The minimum atomic E-state index is -0.196. The zero-order valence-corrected chi connectivity index (χ0v) is 13.2. The van der Waals surface area contributed by atoms with Crippen LogP contribution in [0.15, 0.2) is 29.1 Å². The lowest BCUT2D eigenvalue weighted by molar-refractivity contribution is -0.122. The summed E-state index contributed by atoms with van der Waals surface area (Å²) in [7, 11) is 0. The highest BCUT2D eigenvalue weighted by molar-refractivity contribution is 5.77. The van der Waals surface area contributed by atoms with Crippen molar-refractivity contribution in [1.82, 2.24) is 20.3 Å². The van der Waals surface area contributed by atoms with Crippen molar-refractivity contribution in [2.45, 2.75) is 57.5 Å². The molecule has 1 aromatic carbocycles. The molecule has 0 bridgehead atoms. The van der Waals surface area contributed by atoms with Crippen LogP contribution in [0.4, 0.5) is 0 Å². The number of hydrogen-bond donors (Lipinski definition) is 1. The highest BCUT2D eigenvalue weighted by Gasteiger charge is 2.15. The Labute approximate surface area is 134 Å². The molecule has 0 spiro atoms. The van der Waals surface area contributed by atoms with Gasteiger partial charge in [0.2, 0.25) is 5.91 Å². The van der Waals surface area contributed by atoms with E-state index in [9.17, 15) is 9.59 Å². The summed E-state index contributed by atoms with van der Waals surface area (Å²) in [5.41, 5.74) is 0.384. The average molecular weight is 314 g/mol. The SMILES string of the molecule is O=C(CCn1nnc2ccccc2c1=O)NC1CCCCCC1. The zero-order valence-electron chi connectivity index (χ0n) is 13.2. The van der Waals surface area contributed by atoms with Gasteiger partial charge in [0.1, 0.15) is 5.52 Å². The van der Waals surface area contributed by atoms with E-state index in [0.29, 0.717) is 10.9 Å². The van der Waals surface area contributed by atoms with Crippen molar-refractivity contribution in [3.63, 3.8) is 0 Å². The molecule has 1 saturated carbocycles. The lowest BCUT2D eigenvalue weighted by Crippen LogP contribution is -2.36. The molecular formula is C17H22N4O2. The van der Waals surface area contributed by atoms with Crippen LogP contribution in [-0.4, -0.2) is 26.9 Å². The molecule has 0 saturated heterocycles. The lowest BCUT2D eigenvalue weighted by Gasteiger charge is -2.16. The molecule has 0 radical (unpaired) electrons. The summed E-state index contributed by atoms with van der Waals surface area (Å²) in [4.78, 5) is 24.4. The molecule has 1 aliphatic carbocycles. The molecule has 1 amide bonds. The van der Waals surface area contributed by atoms with Gasteiger partial charge in [-0.2, -0.15) is 0 Å². The van der Waals surface area contributed by atoms with Crippen LogP contribution in [0.2, 0.25) is 0 Å². The summed E-state index contributed by atoms with van der Waals surface area (Å²) >= 11 is 0. The van der Waals surface area contributed by atoms with Gasteiger partial charge in [-0.3, -0.25) is 9.59 Å². The number of benzene rings is 1. The minimum absolute atomic E-state index is 0.0150. The molecular weight excluding hydrogens is 292 g/mol. The first-order chi connectivity index (χ1) is 11.2. The van der Waals surface area contributed by atoms with Gasteiger partial charge < -0.3 is 5.32 Å². The largest absolute Gasteiger partial charge is 0.353 e. The molecule has 6 heteroatoms. The molecule has 0 atom stereocenters. The maximum Gasteiger partial charge on any atom is 0.277 e. The zero-order chi connectivity index (χ0) is 16.1. The molecule has 23 heavy (non-hydrogen) atoms. The average Bonchev–Trinajstić information content (AvgIpc) is 2.83. The molecule has 2 aromatic rings. The van der Waals surface area contributed by atoms with Crippen molar-refractivity contribution in [3.05, 3.63) is 34.6 Å². The Bertz CT molecular complexity index is 733. The van der Waals surface area contributed by atoms with Crippen molar-refractivity contribution in [2.24, 2.45) is 0 Å². The number of rotatable bonds is 4. The summed E-state index contributed by atoms with van der Waals surface area (Å²) in [6.45, 7) is 0.259. The second-order valence-electron chi connectivity index (χ2n) is 6.14. The standard InChI is InChI=1S/C17H22N4O2/c22-16(18-13-7-3-1-2-4-8-13)11-12-21-17(23)14-9-5-6-10-15(14)19-20-21/h5-6,9-10,13H,1-4,7-8,11-12H2,(H,18,22). The van der Waals surface area contributed by atoms with Crippen molar-refractivity contribution in [3.8, 4) is 0 Å². The normalized spacial score (nSPS) is 16.2. The van der Waals surface area contributed by atoms with E-state index in [2.05, 4.69) is 15.6 Å². The molecule has 1 heterocycles. The first kappa shape index (κ1) is 15.6. The van der Waals surface area contributed by atoms with E-state index in [4.69, 9.17) is 0 Å². The second kappa shape index (κ2) is 7.35. The number of aromatic nitrogens is 3. The number of nitrogens with zero attached hydrogens (tertiary/aromatic N) is 3. The van der Waals surface area contributed by atoms with Gasteiger partial charge in [0.25, 0.3) is 5.56 Å². The van der Waals surface area contributed by atoms with Gasteiger partial charge in [0.05, 0.1) is 11.9 Å². The monoisotopic (exact) mass is 314 g/mol. The van der Waals surface area contributed by atoms with E-state index < -0.39 is 0 Å². The lowest BCUT2D eigenvalue weighted by atomic mass is 10.1. The number of fused-ring (bicyclic) bond motifs is 1. The Hall–Kier alpha value is -2.24. The number of carbonyl (C=O) groups is 1. The van der Waals surface area contributed by atoms with Gasteiger partial charge in [0.15, 0.2) is 0 Å². The summed E-state index contributed by atoms with van der Waals surface area (Å²) < 4.78 is 1.27. The van der Waals surface area contributed by atoms with Crippen LogP contribution in [0.25, 0.3) is 10.9 Å². The Balaban J connectivity index is 1.60. The first-order valence-corrected chi connectivity index (χ1v) is 8.36. The fourth-order valence-electron chi connectivity index (χ4n) is 3.10. The summed E-state index contributed by atoms with van der Waals surface area (Å²) in [6.07, 6.45) is 7.25. The van der Waals surface area contributed by atoms with E-state index in [1.807, 2.05) is 6.07 Å². The molecule has 1 aromatic heterocycles. The minimum Gasteiger partial charge on any atom is -0.353 e. The summed E-state index contributed by atoms with van der Waals surface area (Å²) in [5, 5.41) is 11.6. The molecule has 1 N–H and O–H groups in total. The first-order valence-electron chi connectivity index (χ1n) is 8.36. The van der Waals surface area contributed by atoms with Crippen molar-refractivity contribution in [2.75, 3.05) is 0 Å². The molecule has 122 valence electrons. The van der Waals surface area contributed by atoms with Gasteiger partial charge in [0, 0.05) is 12.5 Å². The maximum absolute atomic E-state index is 12.3. The summed E-state index contributed by atoms with van der Waals surface area (Å²) in [6, 6.07) is 7.39. The highest BCUT2D eigenvalue weighted by Crippen LogP contribution is 2.17. The van der Waals surface area contributed by atoms with Gasteiger partial charge >= 0.3 is 0 Å². The summed E-state index contributed by atoms with van der Waals surface area (Å²) in [5.74, 6) is -0.0150. The van der Waals surface area contributed by atoms with Crippen LogP contribution in [0.5, 0.6) is 0 Å². The fraction of sp³-hybridized carbons (Fsp3) is 0.529. The Morgan fingerprint density at radius 3 is 2.70 bits per heavy atom. The number of nitrogens with one attached hydrogen (secondary N) is 1. The maximum atomic E-state index is 12.3. The van der Waals surface area contributed by atoms with Crippen LogP contribution in [0.3, 0.4) is 0 Å². The van der Waals surface area contributed by atoms with E-state index in [0.717, 1.165) is 12.8 Å². The predicted molar refractivity (Wildman–Crippen MR) is 88.0 cm³/mol. The van der Waals surface area contributed by atoms with Crippen molar-refractivity contribution >= 4 is 16.8 Å². The number of carbonyl (C=O) groups excluding carboxylic acids is 1. The topological polar surface area (TPSA) is 76.9 Å². The molecule has 0 unspecified atom stereocenters. The molecule has 3 rings (SSSR count). The molecule has 1 aliphatic rings. The molecule has 6 nitrogen and oxygen atoms in total. The Kier molecular flexibility index (Phi) is 5.00. The van der Waals surface area contributed by atoms with Crippen LogP contribution in [0.1, 0.15) is 44.9 Å². The van der Waals surface area contributed by atoms with Gasteiger partial charge in [-0.1, -0.05) is 43.0 Å². The fourth-order valence-corrected chi connectivity index (χ4v) is 3.10.